The molecule has 2 aromatic carbocycles. The van der Waals surface area contributed by atoms with Gasteiger partial charge in [-0.1, -0.05) is 31.2 Å². The first kappa shape index (κ1) is 19.9. The predicted molar refractivity (Wildman–Crippen MR) is 113 cm³/mol. The van der Waals surface area contributed by atoms with E-state index in [0.29, 0.717) is 32.5 Å². The SMILES string of the molecule is CC[C@H](N)C(=O)N1CCc2ccc(S(=O)(=O)N3CCCc4ccccc43)cc2C1. The average molecular weight is 414 g/mol. The van der Waals surface area contributed by atoms with Crippen LogP contribution in [0.2, 0.25) is 0 Å². The number of hydrogen-bond acceptors (Lipinski definition) is 4. The highest BCUT2D eigenvalue weighted by molar-refractivity contribution is 7.92. The van der Waals surface area contributed by atoms with Crippen molar-refractivity contribution < 1.29 is 13.2 Å². The number of nitrogens with zero attached hydrogens (tertiary/aromatic N) is 2. The number of benzene rings is 2. The molecule has 1 amide bonds. The van der Waals surface area contributed by atoms with Crippen LogP contribution in [0.15, 0.2) is 47.4 Å². The molecule has 154 valence electrons. The monoisotopic (exact) mass is 413 g/mol. The highest BCUT2D eigenvalue weighted by Gasteiger charge is 2.31. The molecule has 0 aromatic heterocycles. The number of anilines is 1. The van der Waals surface area contributed by atoms with Crippen LogP contribution >= 0.6 is 0 Å². The second kappa shape index (κ2) is 7.80. The van der Waals surface area contributed by atoms with Crippen LogP contribution in [0.4, 0.5) is 5.69 Å². The summed E-state index contributed by atoms with van der Waals surface area (Å²) in [5.74, 6) is -0.0728. The third-order valence-electron chi connectivity index (χ3n) is 5.91. The lowest BCUT2D eigenvalue weighted by Crippen LogP contribution is -2.45. The van der Waals surface area contributed by atoms with Crippen LogP contribution in [-0.2, 0) is 34.2 Å². The Hall–Kier alpha value is -2.38. The van der Waals surface area contributed by atoms with Gasteiger partial charge in [0.2, 0.25) is 5.91 Å². The van der Waals surface area contributed by atoms with Gasteiger partial charge >= 0.3 is 0 Å². The lowest BCUT2D eigenvalue weighted by atomic mass is 9.99. The molecule has 6 nitrogen and oxygen atoms in total. The average Bonchev–Trinajstić information content (AvgIpc) is 2.76. The minimum atomic E-state index is -3.66. The summed E-state index contributed by atoms with van der Waals surface area (Å²) in [5, 5.41) is 0. The van der Waals surface area contributed by atoms with Gasteiger partial charge in [0.05, 0.1) is 16.6 Å². The molecular formula is C22H27N3O3S. The van der Waals surface area contributed by atoms with Gasteiger partial charge in [0.15, 0.2) is 0 Å². The maximum atomic E-state index is 13.4. The molecule has 0 unspecified atom stereocenters. The second-order valence-corrected chi connectivity index (χ2v) is 9.63. The Kier molecular flexibility index (Phi) is 5.36. The van der Waals surface area contributed by atoms with Gasteiger partial charge in [-0.2, -0.15) is 0 Å². The second-order valence-electron chi connectivity index (χ2n) is 7.76. The molecule has 0 bridgehead atoms. The number of nitrogens with two attached hydrogens (primary N) is 1. The van der Waals surface area contributed by atoms with Crippen molar-refractivity contribution >= 4 is 21.6 Å². The van der Waals surface area contributed by atoms with E-state index in [4.69, 9.17) is 5.73 Å². The Bertz CT molecular complexity index is 1040. The van der Waals surface area contributed by atoms with E-state index < -0.39 is 16.1 Å². The molecule has 2 N–H and O–H groups in total. The van der Waals surface area contributed by atoms with E-state index in [1.807, 2.05) is 37.3 Å². The number of amides is 1. The molecule has 2 aliphatic rings. The number of hydrogen-bond donors (Lipinski definition) is 1. The van der Waals surface area contributed by atoms with Gasteiger partial charge in [-0.25, -0.2) is 8.42 Å². The molecule has 4 rings (SSSR count). The number of rotatable bonds is 4. The topological polar surface area (TPSA) is 83.7 Å². The number of carbonyl (C=O) groups is 1. The van der Waals surface area contributed by atoms with Gasteiger partial charge in [0.1, 0.15) is 0 Å². The molecule has 2 aliphatic heterocycles. The van der Waals surface area contributed by atoms with E-state index in [1.54, 1.807) is 17.0 Å². The molecule has 2 heterocycles. The number of aryl methyl sites for hydroxylation is 1. The fourth-order valence-corrected chi connectivity index (χ4v) is 5.76. The minimum absolute atomic E-state index is 0.0728. The smallest absolute Gasteiger partial charge is 0.264 e. The first-order valence-electron chi connectivity index (χ1n) is 10.2. The predicted octanol–water partition coefficient (Wildman–Crippen LogP) is 2.45. The van der Waals surface area contributed by atoms with Crippen molar-refractivity contribution in [3.8, 4) is 0 Å². The molecule has 1 atom stereocenters. The Morgan fingerprint density at radius 2 is 1.86 bits per heavy atom. The number of sulfonamides is 1. The molecule has 0 saturated carbocycles. The first-order valence-corrected chi connectivity index (χ1v) is 11.6. The maximum absolute atomic E-state index is 13.4. The Morgan fingerprint density at radius 1 is 1.07 bits per heavy atom. The molecule has 0 fully saturated rings. The number of para-hydroxylation sites is 1. The summed E-state index contributed by atoms with van der Waals surface area (Å²) >= 11 is 0. The summed E-state index contributed by atoms with van der Waals surface area (Å²) in [6.45, 7) is 3.39. The van der Waals surface area contributed by atoms with Crippen molar-refractivity contribution in [1.82, 2.24) is 4.90 Å². The van der Waals surface area contributed by atoms with E-state index in [2.05, 4.69) is 0 Å². The zero-order chi connectivity index (χ0) is 20.6. The summed E-state index contributed by atoms with van der Waals surface area (Å²) in [6, 6.07) is 12.5. The molecule has 29 heavy (non-hydrogen) atoms. The van der Waals surface area contributed by atoms with E-state index >= 15 is 0 Å². The fourth-order valence-electron chi connectivity index (χ4n) is 4.17. The van der Waals surface area contributed by atoms with Crippen LogP contribution in [0.3, 0.4) is 0 Å². The van der Waals surface area contributed by atoms with Gasteiger partial charge in [0.25, 0.3) is 10.0 Å². The van der Waals surface area contributed by atoms with Gasteiger partial charge in [-0.05, 0) is 60.6 Å². The van der Waals surface area contributed by atoms with Gasteiger partial charge < -0.3 is 10.6 Å². The summed E-state index contributed by atoms with van der Waals surface area (Å²) in [7, 11) is -3.66. The van der Waals surface area contributed by atoms with E-state index in [0.717, 1.165) is 35.2 Å². The third kappa shape index (κ3) is 3.65. The van der Waals surface area contributed by atoms with Gasteiger partial charge in [-0.15, -0.1) is 0 Å². The van der Waals surface area contributed by atoms with Crippen molar-refractivity contribution in [2.75, 3.05) is 17.4 Å². The van der Waals surface area contributed by atoms with Crippen LogP contribution < -0.4 is 10.0 Å². The van der Waals surface area contributed by atoms with Crippen LogP contribution in [0.25, 0.3) is 0 Å². The number of fused-ring (bicyclic) bond motifs is 2. The molecule has 2 aromatic rings. The molecule has 0 saturated heterocycles. The molecule has 0 spiro atoms. The van der Waals surface area contributed by atoms with Crippen LogP contribution in [0, 0.1) is 0 Å². The van der Waals surface area contributed by atoms with E-state index in [-0.39, 0.29) is 10.8 Å². The third-order valence-corrected chi connectivity index (χ3v) is 7.72. The molecule has 0 radical (unpaired) electrons. The van der Waals surface area contributed by atoms with Gasteiger partial charge in [-0.3, -0.25) is 9.10 Å². The van der Waals surface area contributed by atoms with Crippen molar-refractivity contribution in [3.05, 3.63) is 59.2 Å². The highest BCUT2D eigenvalue weighted by atomic mass is 32.2. The summed E-state index contributed by atoms with van der Waals surface area (Å²) < 4.78 is 28.4. The van der Waals surface area contributed by atoms with Gasteiger partial charge in [0, 0.05) is 19.6 Å². The molecule has 7 heteroatoms. The lowest BCUT2D eigenvalue weighted by Gasteiger charge is -2.32. The number of carbonyl (C=O) groups excluding carboxylic acids is 1. The zero-order valence-corrected chi connectivity index (χ0v) is 17.5. The largest absolute Gasteiger partial charge is 0.337 e. The van der Waals surface area contributed by atoms with Crippen molar-refractivity contribution in [2.45, 2.75) is 50.1 Å². The highest BCUT2D eigenvalue weighted by Crippen LogP contribution is 2.33. The van der Waals surface area contributed by atoms with Crippen LogP contribution in [0.5, 0.6) is 0 Å². The zero-order valence-electron chi connectivity index (χ0n) is 16.7. The Morgan fingerprint density at radius 3 is 2.66 bits per heavy atom. The first-order chi connectivity index (χ1) is 13.9. The van der Waals surface area contributed by atoms with Crippen LogP contribution in [0.1, 0.15) is 36.5 Å². The van der Waals surface area contributed by atoms with Crippen molar-refractivity contribution in [1.29, 1.82) is 0 Å². The molecular weight excluding hydrogens is 386 g/mol. The van der Waals surface area contributed by atoms with Crippen LogP contribution in [-0.4, -0.2) is 38.4 Å². The Labute approximate surface area is 172 Å². The standard InChI is InChI=1S/C22H27N3O3S/c1-2-20(23)22(26)24-13-11-16-9-10-19(14-18(16)15-24)29(27,28)25-12-5-7-17-6-3-4-8-21(17)25/h3-4,6,8-10,14,20H,2,5,7,11-13,15,23H2,1H3/t20-/m0/s1. The lowest BCUT2D eigenvalue weighted by molar-refractivity contribution is -0.133. The summed E-state index contributed by atoms with van der Waals surface area (Å²) in [4.78, 5) is 14.5. The maximum Gasteiger partial charge on any atom is 0.264 e. The van der Waals surface area contributed by atoms with Crippen molar-refractivity contribution in [2.24, 2.45) is 5.73 Å². The summed E-state index contributed by atoms with van der Waals surface area (Å²) in [5.41, 5.74) is 9.72. The minimum Gasteiger partial charge on any atom is -0.337 e. The molecule has 0 aliphatic carbocycles. The Balaban J connectivity index is 1.65. The van der Waals surface area contributed by atoms with E-state index in [1.165, 1.54) is 4.31 Å². The fraction of sp³-hybridized carbons (Fsp3) is 0.409. The quantitative estimate of drug-likeness (QED) is 0.835. The normalized spacial score (nSPS) is 17.4. The summed E-state index contributed by atoms with van der Waals surface area (Å²) in [6.07, 6.45) is 2.99. The van der Waals surface area contributed by atoms with E-state index in [9.17, 15) is 13.2 Å². The van der Waals surface area contributed by atoms with Crippen molar-refractivity contribution in [3.63, 3.8) is 0 Å².